The minimum atomic E-state index is -3.70. The molecule has 1 fully saturated rings. The molecule has 0 aliphatic carbocycles. The molecule has 3 rings (SSSR count). The molecule has 0 unspecified atom stereocenters. The topological polar surface area (TPSA) is 102 Å². The number of nitrogens with zero attached hydrogens (tertiary/aromatic N) is 2. The molecule has 0 atom stereocenters. The quantitative estimate of drug-likeness (QED) is 0.684. The van der Waals surface area contributed by atoms with Crippen molar-refractivity contribution in [3.05, 3.63) is 41.3 Å². The van der Waals surface area contributed by atoms with Gasteiger partial charge in [-0.3, -0.25) is 4.79 Å². The molecule has 1 aliphatic rings. The Morgan fingerprint density at radius 2 is 1.90 bits per heavy atom. The largest absolute Gasteiger partial charge is 0.484 e. The highest BCUT2D eigenvalue weighted by Crippen LogP contribution is 2.21. The third-order valence-electron chi connectivity index (χ3n) is 5.23. The van der Waals surface area contributed by atoms with Gasteiger partial charge in [0.25, 0.3) is 5.91 Å². The van der Waals surface area contributed by atoms with E-state index in [1.165, 1.54) is 5.56 Å². The average molecular weight is 436 g/mol. The van der Waals surface area contributed by atoms with Crippen LogP contribution in [0.4, 0.5) is 0 Å². The molecule has 0 radical (unpaired) electrons. The van der Waals surface area contributed by atoms with Gasteiger partial charge in [-0.25, -0.2) is 13.1 Å². The summed E-state index contributed by atoms with van der Waals surface area (Å²) in [4.78, 5) is 14.3. The highest BCUT2D eigenvalue weighted by molar-refractivity contribution is 7.89. The second-order valence-corrected chi connectivity index (χ2v) is 9.26. The van der Waals surface area contributed by atoms with E-state index < -0.39 is 10.0 Å². The SMILES string of the molecule is CCCc1ccc(OCC(=O)N2CCC(NS(=O)(=O)c3c(C)noc3C)CC2)cc1. The van der Waals surface area contributed by atoms with Crippen molar-refractivity contribution in [2.24, 2.45) is 0 Å². The molecule has 1 N–H and O–H groups in total. The molecular formula is C21H29N3O5S. The Morgan fingerprint density at radius 3 is 2.47 bits per heavy atom. The van der Waals surface area contributed by atoms with E-state index >= 15 is 0 Å². The van der Waals surface area contributed by atoms with E-state index in [0.29, 0.717) is 37.4 Å². The molecule has 9 heteroatoms. The zero-order valence-electron chi connectivity index (χ0n) is 17.7. The number of nitrogens with one attached hydrogen (secondary N) is 1. The Hall–Kier alpha value is -2.39. The second-order valence-electron chi connectivity index (χ2n) is 7.61. The molecular weight excluding hydrogens is 406 g/mol. The summed E-state index contributed by atoms with van der Waals surface area (Å²) in [5.74, 6) is 0.845. The van der Waals surface area contributed by atoms with Crippen LogP contribution in [0.3, 0.4) is 0 Å². The summed E-state index contributed by atoms with van der Waals surface area (Å²) in [5.41, 5.74) is 1.59. The van der Waals surface area contributed by atoms with Crippen LogP contribution >= 0.6 is 0 Å². The molecule has 1 amide bonds. The maximum atomic E-state index is 12.6. The van der Waals surface area contributed by atoms with Crippen LogP contribution < -0.4 is 9.46 Å². The summed E-state index contributed by atoms with van der Waals surface area (Å²) in [6, 6.07) is 7.56. The summed E-state index contributed by atoms with van der Waals surface area (Å²) in [7, 11) is -3.70. The summed E-state index contributed by atoms with van der Waals surface area (Å²) in [6.45, 7) is 6.24. The molecule has 8 nitrogen and oxygen atoms in total. The van der Waals surface area contributed by atoms with Crippen molar-refractivity contribution in [2.75, 3.05) is 19.7 Å². The molecule has 0 saturated carbocycles. The molecule has 1 aliphatic heterocycles. The zero-order valence-corrected chi connectivity index (χ0v) is 18.5. The summed E-state index contributed by atoms with van der Waals surface area (Å²) in [5, 5.41) is 3.71. The van der Waals surface area contributed by atoms with Gasteiger partial charge in [0.15, 0.2) is 12.4 Å². The zero-order chi connectivity index (χ0) is 21.7. The van der Waals surface area contributed by atoms with E-state index in [1.54, 1.807) is 18.7 Å². The third-order valence-corrected chi connectivity index (χ3v) is 6.99. The first-order chi connectivity index (χ1) is 14.3. The van der Waals surface area contributed by atoms with Crippen LogP contribution in [-0.4, -0.2) is 50.1 Å². The second kappa shape index (κ2) is 9.61. The van der Waals surface area contributed by atoms with Gasteiger partial charge in [0.05, 0.1) is 0 Å². The number of sulfonamides is 1. The van der Waals surface area contributed by atoms with E-state index in [-0.39, 0.29) is 29.2 Å². The number of aromatic nitrogens is 1. The van der Waals surface area contributed by atoms with Crippen molar-refractivity contribution >= 4 is 15.9 Å². The molecule has 1 aromatic heterocycles. The number of carbonyl (C=O) groups excluding carboxylic acids is 1. The van der Waals surface area contributed by atoms with E-state index in [1.807, 2.05) is 24.3 Å². The molecule has 2 aromatic rings. The lowest BCUT2D eigenvalue weighted by molar-refractivity contribution is -0.134. The average Bonchev–Trinajstić information content (AvgIpc) is 3.07. The normalized spacial score (nSPS) is 15.4. The number of hydrogen-bond donors (Lipinski definition) is 1. The van der Waals surface area contributed by atoms with Gasteiger partial charge in [0.1, 0.15) is 16.3 Å². The predicted molar refractivity (Wildman–Crippen MR) is 112 cm³/mol. The van der Waals surface area contributed by atoms with Crippen molar-refractivity contribution < 1.29 is 22.5 Å². The minimum Gasteiger partial charge on any atom is -0.484 e. The first-order valence-corrected chi connectivity index (χ1v) is 11.7. The van der Waals surface area contributed by atoms with Gasteiger partial charge < -0.3 is 14.2 Å². The van der Waals surface area contributed by atoms with Gasteiger partial charge in [-0.2, -0.15) is 0 Å². The van der Waals surface area contributed by atoms with Crippen molar-refractivity contribution in [1.29, 1.82) is 0 Å². The minimum absolute atomic E-state index is 0.0252. The number of carbonyl (C=O) groups is 1. The highest BCUT2D eigenvalue weighted by atomic mass is 32.2. The van der Waals surface area contributed by atoms with Crippen LogP contribution in [0.1, 0.15) is 43.2 Å². The molecule has 0 bridgehead atoms. The van der Waals surface area contributed by atoms with Crippen LogP contribution in [0, 0.1) is 13.8 Å². The summed E-state index contributed by atoms with van der Waals surface area (Å²) >= 11 is 0. The van der Waals surface area contributed by atoms with Crippen molar-refractivity contribution in [3.8, 4) is 5.75 Å². The van der Waals surface area contributed by atoms with Gasteiger partial charge in [0.2, 0.25) is 10.0 Å². The van der Waals surface area contributed by atoms with Crippen LogP contribution in [0.2, 0.25) is 0 Å². The number of ether oxygens (including phenoxy) is 1. The van der Waals surface area contributed by atoms with Crippen LogP contribution in [0.5, 0.6) is 5.75 Å². The number of amides is 1. The Balaban J connectivity index is 1.47. The van der Waals surface area contributed by atoms with Gasteiger partial charge in [-0.05, 0) is 50.8 Å². The molecule has 1 saturated heterocycles. The molecule has 0 spiro atoms. The Morgan fingerprint density at radius 1 is 1.23 bits per heavy atom. The van der Waals surface area contributed by atoms with Gasteiger partial charge in [-0.15, -0.1) is 0 Å². The first kappa shape index (κ1) is 22.3. The fourth-order valence-corrected chi connectivity index (χ4v) is 5.29. The van der Waals surface area contributed by atoms with Crippen LogP contribution in [0.15, 0.2) is 33.7 Å². The number of piperidine rings is 1. The fourth-order valence-electron chi connectivity index (χ4n) is 3.66. The number of aryl methyl sites for hydroxylation is 3. The lowest BCUT2D eigenvalue weighted by Crippen LogP contribution is -2.47. The Bertz CT molecular complexity index is 942. The predicted octanol–water partition coefficient (Wildman–Crippen LogP) is 2.59. The van der Waals surface area contributed by atoms with Crippen molar-refractivity contribution in [1.82, 2.24) is 14.8 Å². The summed E-state index contributed by atoms with van der Waals surface area (Å²) in [6.07, 6.45) is 3.19. The maximum Gasteiger partial charge on any atom is 0.260 e. The lowest BCUT2D eigenvalue weighted by Gasteiger charge is -2.32. The van der Waals surface area contributed by atoms with E-state index in [9.17, 15) is 13.2 Å². The lowest BCUT2D eigenvalue weighted by atomic mass is 10.1. The van der Waals surface area contributed by atoms with Crippen LogP contribution in [-0.2, 0) is 21.2 Å². The standard InChI is InChI=1S/C21H29N3O5S/c1-4-5-17-6-8-19(9-7-17)28-14-20(25)24-12-10-18(11-13-24)23-30(26,27)21-15(2)22-29-16(21)3/h6-9,18,23H,4-5,10-14H2,1-3H3. The molecule has 30 heavy (non-hydrogen) atoms. The number of rotatable bonds is 8. The number of likely N-dealkylation sites (tertiary alicyclic amines) is 1. The van der Waals surface area contributed by atoms with E-state index in [0.717, 1.165) is 12.8 Å². The molecule has 2 heterocycles. The maximum absolute atomic E-state index is 12.6. The molecule has 1 aromatic carbocycles. The smallest absolute Gasteiger partial charge is 0.260 e. The van der Waals surface area contributed by atoms with Crippen molar-refractivity contribution in [2.45, 2.75) is 57.4 Å². The van der Waals surface area contributed by atoms with E-state index in [2.05, 4.69) is 16.8 Å². The van der Waals surface area contributed by atoms with E-state index in [4.69, 9.17) is 9.26 Å². The summed E-state index contributed by atoms with van der Waals surface area (Å²) < 4.78 is 38.6. The highest BCUT2D eigenvalue weighted by Gasteiger charge is 2.30. The van der Waals surface area contributed by atoms with Gasteiger partial charge in [-0.1, -0.05) is 30.6 Å². The van der Waals surface area contributed by atoms with Crippen molar-refractivity contribution in [3.63, 3.8) is 0 Å². The number of benzene rings is 1. The Kier molecular flexibility index (Phi) is 7.14. The fraction of sp³-hybridized carbons (Fsp3) is 0.524. The number of hydrogen-bond acceptors (Lipinski definition) is 6. The first-order valence-electron chi connectivity index (χ1n) is 10.2. The van der Waals surface area contributed by atoms with Gasteiger partial charge >= 0.3 is 0 Å². The van der Waals surface area contributed by atoms with Crippen LogP contribution in [0.25, 0.3) is 0 Å². The van der Waals surface area contributed by atoms with Gasteiger partial charge in [0, 0.05) is 19.1 Å². The monoisotopic (exact) mass is 435 g/mol. The molecule has 164 valence electrons. The third kappa shape index (κ3) is 5.40. The Labute approximate surface area is 177 Å².